The molecule has 4 rings (SSSR count). The number of hydrogen-bond donors (Lipinski definition) is 1. The minimum atomic E-state index is -0.837. The maximum Gasteiger partial charge on any atom is 0.330 e. The monoisotopic (exact) mass is 525 g/mol. The van der Waals surface area contributed by atoms with Crippen molar-refractivity contribution in [3.05, 3.63) is 97.3 Å². The van der Waals surface area contributed by atoms with Crippen LogP contribution in [0.2, 0.25) is 5.02 Å². The van der Waals surface area contributed by atoms with Crippen molar-refractivity contribution in [2.75, 3.05) is 6.61 Å². The third-order valence-corrected chi connectivity index (χ3v) is 7.24. The highest BCUT2D eigenvalue weighted by Crippen LogP contribution is 2.36. The molecule has 1 saturated carbocycles. The standard InChI is InChI=1S/C28H32ClN3O5/c1-19-16-20(6-11-25(19)37-15-14-31-26(33)12-13-30(2)28(31)36)18-32(23-4-3-5-23)24(17-27(34)35)21-7-9-22(29)10-8-21/h6-13,16,23-24H,3-5,14-15,17-18H2,1-2H3,(H,34,35). The van der Waals surface area contributed by atoms with E-state index in [4.69, 9.17) is 16.3 Å². The molecule has 1 aliphatic rings. The number of aromatic nitrogens is 2. The number of aryl methyl sites for hydroxylation is 2. The van der Waals surface area contributed by atoms with Gasteiger partial charge in [-0.1, -0.05) is 42.3 Å². The smallest absolute Gasteiger partial charge is 0.330 e. The number of carboxylic acid groups (broad SMARTS) is 1. The van der Waals surface area contributed by atoms with Crippen molar-refractivity contribution in [3.63, 3.8) is 0 Å². The third-order valence-electron chi connectivity index (χ3n) is 6.98. The van der Waals surface area contributed by atoms with Crippen LogP contribution in [0.15, 0.2) is 64.3 Å². The lowest BCUT2D eigenvalue weighted by molar-refractivity contribution is -0.139. The van der Waals surface area contributed by atoms with Crippen molar-refractivity contribution in [2.24, 2.45) is 7.05 Å². The third kappa shape index (κ3) is 6.50. The van der Waals surface area contributed by atoms with E-state index >= 15 is 0 Å². The average molecular weight is 526 g/mol. The molecule has 1 heterocycles. The van der Waals surface area contributed by atoms with E-state index in [0.29, 0.717) is 23.4 Å². The van der Waals surface area contributed by atoms with Crippen LogP contribution in [0.5, 0.6) is 5.75 Å². The second-order valence-corrected chi connectivity index (χ2v) is 10.0. The Morgan fingerprint density at radius 1 is 1.16 bits per heavy atom. The zero-order chi connectivity index (χ0) is 26.5. The number of nitrogens with zero attached hydrogens (tertiary/aromatic N) is 3. The molecule has 0 radical (unpaired) electrons. The second-order valence-electron chi connectivity index (χ2n) is 9.57. The quantitative estimate of drug-likeness (QED) is 0.404. The van der Waals surface area contributed by atoms with Crippen LogP contribution in [0.1, 0.15) is 48.4 Å². The van der Waals surface area contributed by atoms with E-state index in [-0.39, 0.29) is 36.9 Å². The number of carbonyl (C=O) groups is 1. The van der Waals surface area contributed by atoms with Crippen molar-refractivity contribution in [3.8, 4) is 5.75 Å². The van der Waals surface area contributed by atoms with Crippen LogP contribution in [0.4, 0.5) is 0 Å². The largest absolute Gasteiger partial charge is 0.491 e. The van der Waals surface area contributed by atoms with Gasteiger partial charge in [0.1, 0.15) is 12.4 Å². The van der Waals surface area contributed by atoms with E-state index in [0.717, 1.165) is 40.5 Å². The van der Waals surface area contributed by atoms with Crippen LogP contribution >= 0.6 is 11.6 Å². The summed E-state index contributed by atoms with van der Waals surface area (Å²) < 4.78 is 8.41. The van der Waals surface area contributed by atoms with Crippen LogP contribution in [0, 0.1) is 6.92 Å². The zero-order valence-corrected chi connectivity index (χ0v) is 21.9. The minimum absolute atomic E-state index is 0.0105. The molecule has 2 aromatic carbocycles. The summed E-state index contributed by atoms with van der Waals surface area (Å²) in [6.45, 7) is 2.90. The first-order chi connectivity index (χ1) is 17.7. The van der Waals surface area contributed by atoms with Crippen molar-refractivity contribution >= 4 is 17.6 Å². The van der Waals surface area contributed by atoms with Gasteiger partial charge in [0.05, 0.1) is 13.0 Å². The van der Waals surface area contributed by atoms with Crippen molar-refractivity contribution in [1.29, 1.82) is 0 Å². The van der Waals surface area contributed by atoms with Gasteiger partial charge in [0.25, 0.3) is 5.56 Å². The van der Waals surface area contributed by atoms with Crippen LogP contribution in [0.25, 0.3) is 0 Å². The Bertz CT molecular complexity index is 1360. The summed E-state index contributed by atoms with van der Waals surface area (Å²) in [7, 11) is 1.60. The molecule has 1 fully saturated rings. The van der Waals surface area contributed by atoms with Gasteiger partial charge in [0, 0.05) is 43.0 Å². The predicted octanol–water partition coefficient (Wildman–Crippen LogP) is 4.16. The molecule has 9 heteroatoms. The van der Waals surface area contributed by atoms with Crippen LogP contribution in [-0.2, 0) is 24.9 Å². The molecular formula is C28H32ClN3O5. The number of aliphatic carboxylic acids is 1. The molecule has 1 N–H and O–H groups in total. The Morgan fingerprint density at radius 2 is 1.89 bits per heavy atom. The molecule has 0 amide bonds. The highest BCUT2D eigenvalue weighted by Gasteiger charge is 2.33. The predicted molar refractivity (Wildman–Crippen MR) is 142 cm³/mol. The van der Waals surface area contributed by atoms with E-state index in [2.05, 4.69) is 11.0 Å². The highest BCUT2D eigenvalue weighted by atomic mass is 35.5. The van der Waals surface area contributed by atoms with E-state index < -0.39 is 5.97 Å². The number of carboxylic acids is 1. The maximum absolute atomic E-state index is 12.2. The lowest BCUT2D eigenvalue weighted by atomic mass is 9.87. The summed E-state index contributed by atoms with van der Waals surface area (Å²) in [4.78, 5) is 38.3. The van der Waals surface area contributed by atoms with Gasteiger partial charge in [-0.15, -0.1) is 0 Å². The molecule has 0 bridgehead atoms. The maximum atomic E-state index is 12.2. The van der Waals surface area contributed by atoms with E-state index in [1.54, 1.807) is 19.2 Å². The Kier molecular flexibility index (Phi) is 8.51. The Hall–Kier alpha value is -3.36. The molecule has 1 unspecified atom stereocenters. The summed E-state index contributed by atoms with van der Waals surface area (Å²) in [5.41, 5.74) is 2.20. The van der Waals surface area contributed by atoms with Gasteiger partial charge in [-0.3, -0.25) is 19.1 Å². The summed E-state index contributed by atoms with van der Waals surface area (Å²) in [5, 5.41) is 10.3. The molecule has 1 aromatic heterocycles. The molecular weight excluding hydrogens is 494 g/mol. The van der Waals surface area contributed by atoms with Gasteiger partial charge < -0.3 is 14.4 Å². The highest BCUT2D eigenvalue weighted by molar-refractivity contribution is 6.30. The Balaban J connectivity index is 1.49. The van der Waals surface area contributed by atoms with Gasteiger partial charge in [-0.05, 0) is 54.7 Å². The SMILES string of the molecule is Cc1cc(CN(C2CCC2)C(CC(=O)O)c2ccc(Cl)cc2)ccc1OCCn1c(=O)ccn(C)c1=O. The van der Waals surface area contributed by atoms with Crippen LogP contribution in [-0.4, -0.2) is 37.8 Å². The molecule has 8 nitrogen and oxygen atoms in total. The summed E-state index contributed by atoms with van der Waals surface area (Å²) in [6, 6.07) is 14.8. The summed E-state index contributed by atoms with van der Waals surface area (Å²) >= 11 is 6.08. The molecule has 0 spiro atoms. The topological polar surface area (TPSA) is 93.8 Å². The first-order valence-corrected chi connectivity index (χ1v) is 12.8. The van der Waals surface area contributed by atoms with E-state index in [1.807, 2.05) is 31.2 Å². The number of ether oxygens (including phenoxy) is 1. The molecule has 3 aromatic rings. The summed E-state index contributed by atoms with van der Waals surface area (Å²) in [5.74, 6) is -0.156. The Morgan fingerprint density at radius 3 is 2.51 bits per heavy atom. The molecule has 1 aliphatic carbocycles. The number of halogens is 1. The fourth-order valence-corrected chi connectivity index (χ4v) is 4.86. The van der Waals surface area contributed by atoms with Gasteiger partial charge in [-0.25, -0.2) is 4.79 Å². The normalized spacial score (nSPS) is 14.4. The van der Waals surface area contributed by atoms with Gasteiger partial charge in [0.15, 0.2) is 0 Å². The van der Waals surface area contributed by atoms with Crippen molar-refractivity contribution in [1.82, 2.24) is 14.0 Å². The number of hydrogen-bond acceptors (Lipinski definition) is 5. The van der Waals surface area contributed by atoms with E-state index in [1.165, 1.54) is 16.8 Å². The van der Waals surface area contributed by atoms with Crippen LogP contribution in [0.3, 0.4) is 0 Å². The van der Waals surface area contributed by atoms with Gasteiger partial charge in [-0.2, -0.15) is 0 Å². The number of benzene rings is 2. The zero-order valence-electron chi connectivity index (χ0n) is 21.1. The number of rotatable bonds is 11. The first-order valence-electron chi connectivity index (χ1n) is 12.4. The first kappa shape index (κ1) is 26.7. The van der Waals surface area contributed by atoms with E-state index in [9.17, 15) is 19.5 Å². The van der Waals surface area contributed by atoms with Crippen LogP contribution < -0.4 is 16.0 Å². The molecule has 196 valence electrons. The second kappa shape index (κ2) is 11.8. The fraction of sp³-hybridized carbons (Fsp3) is 0.393. The minimum Gasteiger partial charge on any atom is -0.491 e. The Labute approximate surface area is 220 Å². The summed E-state index contributed by atoms with van der Waals surface area (Å²) in [6.07, 6.45) is 4.69. The molecule has 0 saturated heterocycles. The molecule has 0 aliphatic heterocycles. The fourth-order valence-electron chi connectivity index (χ4n) is 4.74. The molecule has 37 heavy (non-hydrogen) atoms. The average Bonchev–Trinajstić information content (AvgIpc) is 2.82. The van der Waals surface area contributed by atoms with Crippen molar-refractivity contribution < 1.29 is 14.6 Å². The van der Waals surface area contributed by atoms with Crippen molar-refractivity contribution in [2.45, 2.75) is 57.8 Å². The lowest BCUT2D eigenvalue weighted by Crippen LogP contribution is -2.42. The van der Waals surface area contributed by atoms with Gasteiger partial charge in [0.2, 0.25) is 0 Å². The van der Waals surface area contributed by atoms with Gasteiger partial charge >= 0.3 is 11.7 Å². The lowest BCUT2D eigenvalue weighted by Gasteiger charge is -2.42. The molecule has 1 atom stereocenters.